The minimum Gasteiger partial charge on any atom is -0.301 e. The van der Waals surface area contributed by atoms with Gasteiger partial charge in [0.05, 0.1) is 5.92 Å². The van der Waals surface area contributed by atoms with Crippen molar-refractivity contribution in [1.29, 1.82) is 0 Å². The maximum Gasteiger partial charge on any atom is 0.391 e. The van der Waals surface area contributed by atoms with Gasteiger partial charge in [0.25, 0.3) is 0 Å². The zero-order valence-corrected chi connectivity index (χ0v) is 50.1. The Labute approximate surface area is 456 Å². The van der Waals surface area contributed by atoms with Crippen LogP contribution in [0.5, 0.6) is 0 Å². The van der Waals surface area contributed by atoms with Gasteiger partial charge >= 0.3 is 6.18 Å². The van der Waals surface area contributed by atoms with E-state index in [2.05, 4.69) is 247 Å². The largest absolute Gasteiger partial charge is 0.391 e. The van der Waals surface area contributed by atoms with Gasteiger partial charge in [-0.3, -0.25) is 9.97 Å². The summed E-state index contributed by atoms with van der Waals surface area (Å²) in [6.45, 7) is 42.0. The highest BCUT2D eigenvalue weighted by Gasteiger charge is 2.41. The molecule has 2 fully saturated rings. The van der Waals surface area contributed by atoms with Crippen LogP contribution in [0.2, 0.25) is 0 Å². The molecule has 4 aromatic carbocycles. The molecule has 1 saturated heterocycles. The van der Waals surface area contributed by atoms with Crippen molar-refractivity contribution in [2.24, 2.45) is 5.92 Å². The number of benzene rings is 4. The van der Waals surface area contributed by atoms with Gasteiger partial charge in [-0.15, -0.1) is 0 Å². The third-order valence-corrected chi connectivity index (χ3v) is 13.7. The van der Waals surface area contributed by atoms with Crippen molar-refractivity contribution < 1.29 is 13.2 Å². The summed E-state index contributed by atoms with van der Waals surface area (Å²) in [6.07, 6.45) is 3.21. The van der Waals surface area contributed by atoms with Crippen molar-refractivity contribution in [2.45, 2.75) is 211 Å². The van der Waals surface area contributed by atoms with Crippen molar-refractivity contribution >= 4 is 0 Å². The van der Waals surface area contributed by atoms with Crippen LogP contribution in [-0.2, 0) is 0 Å². The zero-order chi connectivity index (χ0) is 56.4. The highest BCUT2D eigenvalue weighted by Crippen LogP contribution is 2.40. The predicted octanol–water partition coefficient (Wildman–Crippen LogP) is 20.7. The molecule has 75 heavy (non-hydrogen) atoms. The number of aromatic nitrogens is 2. The lowest BCUT2D eigenvalue weighted by molar-refractivity contribution is -0.185. The van der Waals surface area contributed by atoms with E-state index in [1.165, 1.54) is 68.6 Å². The summed E-state index contributed by atoms with van der Waals surface area (Å²) in [7, 11) is 0. The Hall–Kier alpha value is -5.07. The van der Waals surface area contributed by atoms with Gasteiger partial charge < -0.3 is 4.90 Å². The number of rotatable bonds is 8. The molecule has 6 heteroatoms. The number of nitrogens with zero attached hydrogens (tertiary/aromatic N) is 3. The van der Waals surface area contributed by atoms with Gasteiger partial charge in [0, 0.05) is 29.8 Å². The van der Waals surface area contributed by atoms with Crippen LogP contribution in [0.4, 0.5) is 13.2 Å². The first-order valence-electron chi connectivity index (χ1n) is 28.1. The number of halogens is 3. The standard InChI is InChI=1S/C12H16.3C10H14.C9H16F3N.2C9H13N/c1-9(2)10-3-5-11(6-4-10)12-7-8-12;3*1-8(2)10-6-4-9(3)5-7-10;1-7(2)13-5-3-8(4-6-13)9(10,11)12;1-7(2)9-5-4-8(3)10-6-9;1-7(2)9-5-4-8(3)6-10-9/h3-6,9,12H,7-8H2,1-2H3;3*4-8H,1-3H3;7-8H,3-6H2,1-2H3;2*4-7H,1-3H3. The number of aryl methyl sites for hydroxylation is 5. The molecule has 2 aromatic heterocycles. The molecule has 0 bridgehead atoms. The van der Waals surface area contributed by atoms with Crippen molar-refractivity contribution in [3.63, 3.8) is 0 Å². The van der Waals surface area contributed by atoms with Crippen molar-refractivity contribution in [2.75, 3.05) is 13.1 Å². The van der Waals surface area contributed by atoms with Crippen LogP contribution in [0.3, 0.4) is 0 Å². The molecule has 0 unspecified atom stereocenters. The van der Waals surface area contributed by atoms with Crippen molar-refractivity contribution in [3.8, 4) is 0 Å². The van der Waals surface area contributed by atoms with Crippen LogP contribution < -0.4 is 0 Å². The summed E-state index contributed by atoms with van der Waals surface area (Å²) in [6, 6.07) is 44.0. The maximum atomic E-state index is 12.3. The lowest BCUT2D eigenvalue weighted by Gasteiger charge is -2.35. The Balaban J connectivity index is 0.000000300. The monoisotopic (exact) mass is 1030 g/mol. The van der Waals surface area contributed by atoms with Gasteiger partial charge in [-0.25, -0.2) is 0 Å². The van der Waals surface area contributed by atoms with E-state index >= 15 is 0 Å². The second-order valence-corrected chi connectivity index (χ2v) is 23.0. The van der Waals surface area contributed by atoms with Gasteiger partial charge in [-0.2, -0.15) is 13.2 Å². The van der Waals surface area contributed by atoms with Gasteiger partial charge in [0.15, 0.2) is 0 Å². The molecule has 8 rings (SSSR count). The minimum absolute atomic E-state index is 0.266. The summed E-state index contributed by atoms with van der Waals surface area (Å²) >= 11 is 0. The normalized spacial score (nSPS) is 13.6. The zero-order valence-electron chi connectivity index (χ0n) is 50.1. The number of pyridine rings is 2. The average molecular weight is 1030 g/mol. The smallest absolute Gasteiger partial charge is 0.301 e. The Morgan fingerprint density at radius 1 is 0.387 bits per heavy atom. The molecule has 1 saturated carbocycles. The van der Waals surface area contributed by atoms with Gasteiger partial charge in [0.2, 0.25) is 0 Å². The molecule has 3 heterocycles. The van der Waals surface area contributed by atoms with Crippen molar-refractivity contribution in [3.05, 3.63) is 201 Å². The molecule has 0 atom stereocenters. The fraction of sp³-hybridized carbons (Fsp3) is 0.507. The number of hydrogen-bond donors (Lipinski definition) is 0. The van der Waals surface area contributed by atoms with E-state index in [0.29, 0.717) is 54.6 Å². The Bertz CT molecular complexity index is 2060. The second-order valence-electron chi connectivity index (χ2n) is 23.0. The minimum atomic E-state index is -3.98. The molecular weight excluding hydrogens is 928 g/mol. The van der Waals surface area contributed by atoms with Crippen LogP contribution in [0.1, 0.15) is 231 Å². The molecule has 412 valence electrons. The van der Waals surface area contributed by atoms with E-state index in [4.69, 9.17) is 0 Å². The highest BCUT2D eigenvalue weighted by molar-refractivity contribution is 5.30. The average Bonchev–Trinajstić information content (AvgIpc) is 4.22. The lowest BCUT2D eigenvalue weighted by atomic mass is 9.95. The van der Waals surface area contributed by atoms with E-state index in [-0.39, 0.29) is 12.8 Å². The molecule has 0 spiro atoms. The van der Waals surface area contributed by atoms with Gasteiger partial charge in [-0.1, -0.05) is 209 Å². The molecule has 6 aromatic rings. The summed E-state index contributed by atoms with van der Waals surface area (Å²) in [5.41, 5.74) is 16.1. The number of piperidine rings is 1. The third-order valence-electron chi connectivity index (χ3n) is 13.7. The Morgan fingerprint density at radius 2 is 0.733 bits per heavy atom. The van der Waals surface area contributed by atoms with E-state index in [0.717, 1.165) is 11.6 Å². The summed E-state index contributed by atoms with van der Waals surface area (Å²) in [5.74, 6) is 3.59. The van der Waals surface area contributed by atoms with E-state index < -0.39 is 12.1 Å². The Morgan fingerprint density at radius 3 is 1.00 bits per heavy atom. The maximum absolute atomic E-state index is 12.3. The number of hydrogen-bond acceptors (Lipinski definition) is 3. The van der Waals surface area contributed by atoms with Gasteiger partial charge in [0.1, 0.15) is 0 Å². The van der Waals surface area contributed by atoms with Crippen LogP contribution in [0.15, 0.2) is 134 Å². The van der Waals surface area contributed by atoms with E-state index in [1.54, 1.807) is 5.56 Å². The molecule has 1 aliphatic heterocycles. The fourth-order valence-electron chi connectivity index (χ4n) is 7.81. The lowest BCUT2D eigenvalue weighted by Crippen LogP contribution is -2.42. The Kier molecular flexibility index (Phi) is 29.8. The molecular formula is C69H100F3N3. The molecule has 3 nitrogen and oxygen atoms in total. The second kappa shape index (κ2) is 33.9. The van der Waals surface area contributed by atoms with E-state index in [9.17, 15) is 13.2 Å². The molecule has 0 amide bonds. The van der Waals surface area contributed by atoms with Crippen molar-refractivity contribution in [1.82, 2.24) is 14.9 Å². The summed E-state index contributed by atoms with van der Waals surface area (Å²) in [4.78, 5) is 10.6. The summed E-state index contributed by atoms with van der Waals surface area (Å²) in [5, 5.41) is 0. The third kappa shape index (κ3) is 27.5. The van der Waals surface area contributed by atoms with E-state index in [1.807, 2.05) is 33.2 Å². The summed E-state index contributed by atoms with van der Waals surface area (Å²) < 4.78 is 36.8. The van der Waals surface area contributed by atoms with Crippen LogP contribution in [0, 0.1) is 40.5 Å². The van der Waals surface area contributed by atoms with Crippen LogP contribution >= 0.6 is 0 Å². The first-order valence-corrected chi connectivity index (χ1v) is 28.1. The fourth-order valence-corrected chi connectivity index (χ4v) is 7.81. The first-order chi connectivity index (χ1) is 35.2. The topological polar surface area (TPSA) is 29.0 Å². The molecule has 0 N–H and O–H groups in total. The van der Waals surface area contributed by atoms with Gasteiger partial charge in [-0.05, 0) is 180 Å². The highest BCUT2D eigenvalue weighted by atomic mass is 19.4. The molecule has 0 radical (unpaired) electrons. The first kappa shape index (κ1) is 66.0. The molecule has 2 aliphatic rings. The van der Waals surface area contributed by atoms with Crippen LogP contribution in [-0.4, -0.2) is 40.2 Å². The molecule has 1 aliphatic carbocycles. The quantitative estimate of drug-likeness (QED) is 0.152. The number of alkyl halides is 3. The number of likely N-dealkylation sites (tertiary alicyclic amines) is 1. The SMILES string of the molecule is CC(C)N1CCC(C(F)(F)F)CC1.CC(C)c1ccc(C2CC2)cc1.Cc1ccc(C(C)C)cc1.Cc1ccc(C(C)C)cc1.Cc1ccc(C(C)C)cc1.Cc1ccc(C(C)C)cn1.Cc1ccc(C(C)C)nc1. The van der Waals surface area contributed by atoms with Crippen LogP contribution in [0.25, 0.3) is 0 Å². The predicted molar refractivity (Wildman–Crippen MR) is 320 cm³/mol.